The summed E-state index contributed by atoms with van der Waals surface area (Å²) >= 11 is 6.54. The fourth-order valence-corrected chi connectivity index (χ4v) is 4.95. The van der Waals surface area contributed by atoms with Crippen molar-refractivity contribution in [1.82, 2.24) is 4.98 Å². The first-order valence-corrected chi connectivity index (χ1v) is 11.0. The number of ether oxygens (including phenoxy) is 1. The molecule has 6 aromatic rings. The first-order valence-electron chi connectivity index (χ1n) is 10.6. The third-order valence-corrected chi connectivity index (χ3v) is 6.57. The Labute approximate surface area is 195 Å². The highest BCUT2D eigenvalue weighted by Gasteiger charge is 2.17. The number of pyridine rings is 1. The monoisotopic (exact) mass is 444 g/mol. The Kier molecular flexibility index (Phi) is 4.43. The number of halogens is 1. The topological polar surface area (TPSA) is 45.9 Å². The van der Waals surface area contributed by atoms with E-state index >= 15 is 0 Å². The molecule has 0 saturated heterocycles. The summed E-state index contributed by atoms with van der Waals surface area (Å²) in [6.45, 7) is 0. The minimum Gasteiger partial charge on any atom is -0.497 e. The van der Waals surface area contributed by atoms with Gasteiger partial charge in [-0.1, -0.05) is 78.3 Å². The maximum Gasteiger partial charge on any atom is 0.148 e. The van der Waals surface area contributed by atoms with Gasteiger partial charge in [0.25, 0.3) is 0 Å². The highest BCUT2D eigenvalue weighted by molar-refractivity contribution is 6.31. The van der Waals surface area contributed by atoms with Crippen molar-refractivity contribution in [2.24, 2.45) is 0 Å². The first-order chi connectivity index (χ1) is 16.2. The van der Waals surface area contributed by atoms with Crippen LogP contribution in [-0.4, -0.2) is 12.1 Å². The summed E-state index contributed by atoms with van der Waals surface area (Å²) in [7, 11) is 1.63. The van der Waals surface area contributed by atoms with Crippen LogP contribution in [0.3, 0.4) is 0 Å². The van der Waals surface area contributed by atoms with E-state index in [2.05, 4.69) is 65.7 Å². The van der Waals surface area contributed by atoms with E-state index in [9.17, 15) is 5.26 Å². The van der Waals surface area contributed by atoms with Crippen molar-refractivity contribution in [2.45, 2.75) is 0 Å². The van der Waals surface area contributed by atoms with E-state index in [1.807, 2.05) is 30.3 Å². The number of rotatable bonds is 3. The van der Waals surface area contributed by atoms with Gasteiger partial charge in [0.05, 0.1) is 18.4 Å². The molecule has 0 unspecified atom stereocenters. The molecule has 0 N–H and O–H groups in total. The van der Waals surface area contributed by atoms with Gasteiger partial charge in [0.1, 0.15) is 17.0 Å². The van der Waals surface area contributed by atoms with Crippen LogP contribution >= 0.6 is 11.6 Å². The summed E-state index contributed by atoms with van der Waals surface area (Å²) in [5.74, 6) is 0.754. The molecule has 4 heteroatoms. The molecule has 0 spiro atoms. The van der Waals surface area contributed by atoms with Gasteiger partial charge in [-0.05, 0) is 56.1 Å². The summed E-state index contributed by atoms with van der Waals surface area (Å²) in [5.41, 5.74) is 3.73. The third-order valence-electron chi connectivity index (χ3n) is 6.29. The van der Waals surface area contributed by atoms with Gasteiger partial charge in [-0.2, -0.15) is 5.26 Å². The van der Waals surface area contributed by atoms with Crippen LogP contribution in [0.2, 0.25) is 5.15 Å². The Morgan fingerprint density at radius 3 is 2.15 bits per heavy atom. The minimum absolute atomic E-state index is 0.200. The second kappa shape index (κ2) is 7.48. The van der Waals surface area contributed by atoms with Crippen LogP contribution in [0.4, 0.5) is 0 Å². The van der Waals surface area contributed by atoms with Crippen molar-refractivity contribution in [3.8, 4) is 34.2 Å². The molecule has 156 valence electrons. The van der Waals surface area contributed by atoms with Crippen LogP contribution in [0, 0.1) is 11.3 Å². The molecule has 0 aliphatic carbocycles. The van der Waals surface area contributed by atoms with Gasteiger partial charge in [-0.3, -0.25) is 0 Å². The lowest BCUT2D eigenvalue weighted by Crippen LogP contribution is -1.95. The van der Waals surface area contributed by atoms with Gasteiger partial charge in [0.2, 0.25) is 0 Å². The molecule has 33 heavy (non-hydrogen) atoms. The van der Waals surface area contributed by atoms with Crippen LogP contribution < -0.4 is 4.74 Å². The Balaban J connectivity index is 1.64. The van der Waals surface area contributed by atoms with Crippen LogP contribution in [0.25, 0.3) is 54.7 Å². The molecule has 0 aliphatic heterocycles. The number of nitriles is 1. The highest BCUT2D eigenvalue weighted by atomic mass is 35.5. The number of methoxy groups -OCH3 is 1. The Morgan fingerprint density at radius 1 is 0.788 bits per heavy atom. The maximum atomic E-state index is 9.78. The largest absolute Gasteiger partial charge is 0.497 e. The molecule has 0 saturated carbocycles. The van der Waals surface area contributed by atoms with Crippen LogP contribution in [0.15, 0.2) is 84.9 Å². The molecule has 3 nitrogen and oxygen atoms in total. The lowest BCUT2D eigenvalue weighted by Gasteiger charge is -2.15. The molecule has 0 atom stereocenters. The summed E-state index contributed by atoms with van der Waals surface area (Å²) in [6, 6.07) is 31.0. The highest BCUT2D eigenvalue weighted by Crippen LogP contribution is 2.40. The second-order valence-corrected chi connectivity index (χ2v) is 8.39. The van der Waals surface area contributed by atoms with E-state index in [4.69, 9.17) is 16.3 Å². The molecule has 0 aliphatic rings. The van der Waals surface area contributed by atoms with Crippen molar-refractivity contribution < 1.29 is 4.74 Å². The summed E-state index contributed by atoms with van der Waals surface area (Å²) < 4.78 is 5.28. The van der Waals surface area contributed by atoms with E-state index in [1.165, 1.54) is 26.9 Å². The zero-order chi connectivity index (χ0) is 22.5. The van der Waals surface area contributed by atoms with Crippen LogP contribution in [-0.2, 0) is 0 Å². The fourth-order valence-electron chi connectivity index (χ4n) is 4.72. The van der Waals surface area contributed by atoms with Crippen molar-refractivity contribution in [1.29, 1.82) is 5.26 Å². The number of aromatic nitrogens is 1. The first kappa shape index (κ1) is 19.5. The van der Waals surface area contributed by atoms with Crippen LogP contribution in [0.1, 0.15) is 5.56 Å². The zero-order valence-electron chi connectivity index (χ0n) is 17.8. The summed E-state index contributed by atoms with van der Waals surface area (Å²) in [4.78, 5) is 4.63. The molecule has 1 heterocycles. The van der Waals surface area contributed by atoms with Crippen molar-refractivity contribution in [3.63, 3.8) is 0 Å². The normalized spacial score (nSPS) is 11.3. The predicted octanol–water partition coefficient (Wildman–Crippen LogP) is 7.85. The van der Waals surface area contributed by atoms with Gasteiger partial charge in [0, 0.05) is 11.1 Å². The van der Waals surface area contributed by atoms with Gasteiger partial charge < -0.3 is 4.74 Å². The third kappa shape index (κ3) is 3.00. The molecule has 0 bridgehead atoms. The van der Waals surface area contributed by atoms with E-state index in [-0.39, 0.29) is 5.15 Å². The smallest absolute Gasteiger partial charge is 0.148 e. The standard InChI is InChI=1S/C29H17ClN2O/c1-33-21-11-7-17(8-12-21)24-15-26(32-29(30)25(24)16-31)22-13-9-20-6-5-18-3-2-4-19-10-14-23(22)28(20)27(18)19/h2-15H,1H3. The van der Waals surface area contributed by atoms with Crippen molar-refractivity contribution >= 4 is 43.9 Å². The maximum absolute atomic E-state index is 9.78. The lowest BCUT2D eigenvalue weighted by atomic mass is 9.90. The SMILES string of the molecule is COc1ccc(-c2cc(-c3ccc4ccc5cccc6ccc3c4c56)nc(Cl)c2C#N)cc1. The van der Waals surface area contributed by atoms with Crippen molar-refractivity contribution in [3.05, 3.63) is 95.6 Å². The van der Waals surface area contributed by atoms with E-state index < -0.39 is 0 Å². The molecule has 5 aromatic carbocycles. The number of nitrogens with zero attached hydrogens (tertiary/aromatic N) is 2. The van der Waals surface area contributed by atoms with Crippen molar-refractivity contribution in [2.75, 3.05) is 7.11 Å². The molecule has 6 rings (SSSR count). The number of hydrogen-bond acceptors (Lipinski definition) is 3. The molecule has 0 fully saturated rings. The van der Waals surface area contributed by atoms with Gasteiger partial charge >= 0.3 is 0 Å². The summed E-state index contributed by atoms with van der Waals surface area (Å²) in [5, 5.41) is 17.2. The number of benzene rings is 5. The Morgan fingerprint density at radius 2 is 1.45 bits per heavy atom. The average molecular weight is 445 g/mol. The van der Waals surface area contributed by atoms with E-state index in [0.29, 0.717) is 5.56 Å². The summed E-state index contributed by atoms with van der Waals surface area (Å²) in [6.07, 6.45) is 0. The minimum atomic E-state index is 0.200. The predicted molar refractivity (Wildman–Crippen MR) is 135 cm³/mol. The van der Waals surface area contributed by atoms with Gasteiger partial charge in [-0.25, -0.2) is 4.98 Å². The van der Waals surface area contributed by atoms with Crippen LogP contribution in [0.5, 0.6) is 5.75 Å². The number of hydrogen-bond donors (Lipinski definition) is 0. The Hall–Kier alpha value is -4.13. The van der Waals surface area contributed by atoms with Gasteiger partial charge in [-0.15, -0.1) is 0 Å². The fraction of sp³-hybridized carbons (Fsp3) is 0.0345. The van der Waals surface area contributed by atoms with Gasteiger partial charge in [0.15, 0.2) is 0 Å². The molecular formula is C29H17ClN2O. The lowest BCUT2D eigenvalue weighted by molar-refractivity contribution is 0.415. The van der Waals surface area contributed by atoms with E-state index in [1.54, 1.807) is 7.11 Å². The molecule has 1 aromatic heterocycles. The second-order valence-electron chi connectivity index (χ2n) is 8.03. The quantitative estimate of drug-likeness (QED) is 0.206. The molecule has 0 amide bonds. The molecular weight excluding hydrogens is 428 g/mol. The zero-order valence-corrected chi connectivity index (χ0v) is 18.5. The average Bonchev–Trinajstić information content (AvgIpc) is 2.87. The van der Waals surface area contributed by atoms with E-state index in [0.717, 1.165) is 33.5 Å². The molecule has 0 radical (unpaired) electrons. The Bertz CT molecular complexity index is 1700.